The van der Waals surface area contributed by atoms with Gasteiger partial charge in [0.2, 0.25) is 5.91 Å². The number of Topliss-reactive ketones (excluding diaryl/α,β-unsaturated/α-hetero) is 1. The number of methoxy groups -OCH3 is 1. The number of rotatable bonds is 14. The van der Waals surface area contributed by atoms with E-state index in [0.717, 1.165) is 22.3 Å². The molecule has 0 aliphatic carbocycles. The number of fused-ring (bicyclic) bond motifs is 5. The van der Waals surface area contributed by atoms with Gasteiger partial charge < -0.3 is 35.1 Å². The van der Waals surface area contributed by atoms with E-state index in [1.54, 1.807) is 37.3 Å². The van der Waals surface area contributed by atoms with Crippen molar-refractivity contribution in [3.63, 3.8) is 0 Å². The normalized spacial score (nSPS) is 18.3. The summed E-state index contributed by atoms with van der Waals surface area (Å²) in [5, 5.41) is 2.90. The second-order valence-electron chi connectivity index (χ2n) is 17.3. The van der Waals surface area contributed by atoms with E-state index in [4.69, 9.17) is 29.9 Å². The molecule has 0 radical (unpaired) electrons. The van der Waals surface area contributed by atoms with Gasteiger partial charge in [0.15, 0.2) is 17.3 Å². The minimum absolute atomic E-state index is 0.0109. The lowest BCUT2D eigenvalue weighted by atomic mass is 9.93. The zero-order valence-corrected chi connectivity index (χ0v) is 36.6. The SMILES string of the molecule is COc1cc2c(cc1OCCCOc1cc3c(cc1C)C(=O)N1C=C(c4ccc(NC(=O)[C@H](C)CC(=O)[C@@H](N)C(C)C)cc4)C[C@H]1C=N3)N=C[C@@H]1Cc3ccc(C)cc3CN1C2=O. The predicted molar refractivity (Wildman–Crippen MR) is 244 cm³/mol. The Labute approximate surface area is 368 Å². The highest BCUT2D eigenvalue weighted by Gasteiger charge is 2.35. The summed E-state index contributed by atoms with van der Waals surface area (Å²) < 4.78 is 18.0. The molecule has 4 aliphatic rings. The number of ether oxygens (including phenoxy) is 3. The van der Waals surface area contributed by atoms with Crippen molar-refractivity contribution in [1.82, 2.24) is 9.80 Å². The summed E-state index contributed by atoms with van der Waals surface area (Å²) in [6, 6.07) is 20.0. The molecule has 0 saturated carbocycles. The number of carbonyl (C=O) groups is 4. The van der Waals surface area contributed by atoms with Gasteiger partial charge >= 0.3 is 0 Å². The van der Waals surface area contributed by atoms with Crippen LogP contribution in [0.3, 0.4) is 0 Å². The van der Waals surface area contributed by atoms with E-state index in [9.17, 15) is 19.2 Å². The molecule has 0 aromatic heterocycles. The molecular weight excluding hydrogens is 797 g/mol. The van der Waals surface area contributed by atoms with Gasteiger partial charge in [0.1, 0.15) is 5.75 Å². The molecule has 4 aliphatic heterocycles. The molecule has 3 N–H and O–H groups in total. The smallest absolute Gasteiger partial charge is 0.260 e. The topological polar surface area (TPSA) is 165 Å². The maximum absolute atomic E-state index is 13.9. The summed E-state index contributed by atoms with van der Waals surface area (Å²) in [5.41, 5.74) is 14.9. The van der Waals surface area contributed by atoms with Crippen LogP contribution in [-0.2, 0) is 22.6 Å². The van der Waals surface area contributed by atoms with Crippen molar-refractivity contribution in [2.75, 3.05) is 25.6 Å². The van der Waals surface area contributed by atoms with E-state index >= 15 is 0 Å². The molecule has 8 rings (SSSR count). The zero-order chi connectivity index (χ0) is 44.5. The zero-order valence-electron chi connectivity index (χ0n) is 36.6. The molecule has 63 heavy (non-hydrogen) atoms. The van der Waals surface area contributed by atoms with Crippen LogP contribution >= 0.6 is 0 Å². The van der Waals surface area contributed by atoms with Crippen LogP contribution in [-0.4, -0.2) is 84.2 Å². The fourth-order valence-electron chi connectivity index (χ4n) is 8.45. The van der Waals surface area contributed by atoms with Crippen molar-refractivity contribution in [1.29, 1.82) is 0 Å². The first-order chi connectivity index (χ1) is 30.3. The maximum atomic E-state index is 13.9. The Morgan fingerprint density at radius 3 is 2.21 bits per heavy atom. The standard InChI is InChI=1S/C50H54N6O7/c1-28(2)47(51)43(57)18-31(5)48(58)54-36-12-10-32(11-13-36)35-20-38-25-52-41-22-44(30(4)17-39(41)49(59)56(38)27-35)62-14-7-15-63-46-23-42-40(21-45(46)61-6)50(60)55-26-34-16-29(3)8-9-33(34)19-37(55)24-53-42/h8-13,16-17,21-25,27-28,31,37-38,47H,7,14-15,18-20,26,51H2,1-6H3,(H,54,58)/t31-,37+,38+,47+/m1/s1. The number of amides is 3. The molecule has 4 aromatic rings. The second-order valence-corrected chi connectivity index (χ2v) is 17.3. The molecule has 4 atom stereocenters. The van der Waals surface area contributed by atoms with Crippen LogP contribution in [0.25, 0.3) is 5.57 Å². The lowest BCUT2D eigenvalue weighted by Crippen LogP contribution is -2.44. The van der Waals surface area contributed by atoms with Crippen LogP contribution in [0.2, 0.25) is 0 Å². The Morgan fingerprint density at radius 1 is 0.810 bits per heavy atom. The summed E-state index contributed by atoms with van der Waals surface area (Å²) in [5.74, 6) is 0.484. The first kappa shape index (κ1) is 43.1. The number of aryl methyl sites for hydroxylation is 2. The van der Waals surface area contributed by atoms with Crippen molar-refractivity contribution in [3.8, 4) is 17.2 Å². The Kier molecular flexibility index (Phi) is 12.3. The number of hydrogen-bond donors (Lipinski definition) is 2. The molecule has 0 saturated heterocycles. The van der Waals surface area contributed by atoms with E-state index in [1.807, 2.05) is 74.5 Å². The fourth-order valence-corrected chi connectivity index (χ4v) is 8.45. The molecule has 4 heterocycles. The molecule has 13 heteroatoms. The Balaban J connectivity index is 0.856. The number of hydrogen-bond acceptors (Lipinski definition) is 10. The van der Waals surface area contributed by atoms with Gasteiger partial charge in [-0.3, -0.25) is 29.2 Å². The monoisotopic (exact) mass is 850 g/mol. The highest BCUT2D eigenvalue weighted by Crippen LogP contribution is 2.40. The summed E-state index contributed by atoms with van der Waals surface area (Å²) in [6.07, 6.45) is 7.48. The van der Waals surface area contributed by atoms with Crippen LogP contribution < -0.4 is 25.3 Å². The lowest BCUT2D eigenvalue weighted by molar-refractivity contribution is -0.127. The van der Waals surface area contributed by atoms with Crippen LogP contribution in [0, 0.1) is 25.7 Å². The summed E-state index contributed by atoms with van der Waals surface area (Å²) in [7, 11) is 1.56. The van der Waals surface area contributed by atoms with Crippen molar-refractivity contribution in [2.24, 2.45) is 27.6 Å². The molecule has 326 valence electrons. The van der Waals surface area contributed by atoms with Gasteiger partial charge in [0, 0.05) is 68.2 Å². The molecule has 3 amide bonds. The minimum Gasteiger partial charge on any atom is -0.493 e. The van der Waals surface area contributed by atoms with E-state index in [2.05, 4.69) is 30.4 Å². The first-order valence-electron chi connectivity index (χ1n) is 21.6. The molecule has 13 nitrogen and oxygen atoms in total. The Hall–Kier alpha value is -6.60. The number of nitrogens with zero attached hydrogens (tertiary/aromatic N) is 4. The van der Waals surface area contributed by atoms with Gasteiger partial charge in [-0.2, -0.15) is 0 Å². The fraction of sp³-hybridized carbons (Fsp3) is 0.360. The highest BCUT2D eigenvalue weighted by molar-refractivity contribution is 6.06. The van der Waals surface area contributed by atoms with Crippen LogP contribution in [0.5, 0.6) is 17.2 Å². The average Bonchev–Trinajstić information content (AvgIpc) is 3.60. The van der Waals surface area contributed by atoms with Crippen LogP contribution in [0.4, 0.5) is 17.1 Å². The number of benzene rings is 4. The van der Waals surface area contributed by atoms with Crippen molar-refractivity contribution >= 4 is 58.6 Å². The molecule has 0 bridgehead atoms. The summed E-state index contributed by atoms with van der Waals surface area (Å²) in [6.45, 7) is 10.7. The number of ketones is 1. The number of aliphatic imine (C=N–C) groups is 2. The van der Waals surface area contributed by atoms with E-state index in [0.29, 0.717) is 84.5 Å². The van der Waals surface area contributed by atoms with Crippen molar-refractivity contribution in [3.05, 3.63) is 112 Å². The van der Waals surface area contributed by atoms with E-state index in [-0.39, 0.29) is 47.9 Å². The number of carbonyl (C=O) groups excluding carboxylic acids is 4. The third-order valence-corrected chi connectivity index (χ3v) is 12.3. The largest absolute Gasteiger partial charge is 0.493 e. The number of nitrogens with one attached hydrogen (secondary N) is 1. The van der Waals surface area contributed by atoms with Gasteiger partial charge in [-0.05, 0) is 78.3 Å². The average molecular weight is 851 g/mol. The molecular formula is C50H54N6O7. The lowest BCUT2D eigenvalue weighted by Gasteiger charge is -2.34. The van der Waals surface area contributed by atoms with Gasteiger partial charge in [-0.25, -0.2) is 0 Å². The highest BCUT2D eigenvalue weighted by atomic mass is 16.5. The van der Waals surface area contributed by atoms with Gasteiger partial charge in [0.05, 0.1) is 61.0 Å². The minimum atomic E-state index is -0.587. The van der Waals surface area contributed by atoms with E-state index in [1.165, 1.54) is 11.1 Å². The van der Waals surface area contributed by atoms with Gasteiger partial charge in [-0.1, -0.05) is 56.7 Å². The predicted octanol–water partition coefficient (Wildman–Crippen LogP) is 7.93. The second kappa shape index (κ2) is 18.0. The number of nitrogens with two attached hydrogens (primary N) is 1. The summed E-state index contributed by atoms with van der Waals surface area (Å²) in [4.78, 5) is 66.1. The maximum Gasteiger partial charge on any atom is 0.260 e. The third kappa shape index (κ3) is 9.01. The third-order valence-electron chi connectivity index (χ3n) is 12.3. The van der Waals surface area contributed by atoms with Gasteiger partial charge in [-0.15, -0.1) is 0 Å². The van der Waals surface area contributed by atoms with Crippen molar-refractivity contribution < 1.29 is 33.4 Å². The first-order valence-corrected chi connectivity index (χ1v) is 21.6. The number of anilines is 1. The molecule has 4 aromatic carbocycles. The Morgan fingerprint density at radius 2 is 1.49 bits per heavy atom. The van der Waals surface area contributed by atoms with Crippen molar-refractivity contribution in [2.45, 2.75) is 85.0 Å². The molecule has 0 fully saturated rings. The van der Waals surface area contributed by atoms with E-state index < -0.39 is 12.0 Å². The van der Waals surface area contributed by atoms with Crippen LogP contribution in [0.1, 0.15) is 88.6 Å². The molecule has 0 spiro atoms. The quantitative estimate of drug-likeness (QED) is 0.121. The summed E-state index contributed by atoms with van der Waals surface area (Å²) >= 11 is 0. The van der Waals surface area contributed by atoms with Crippen LogP contribution in [0.15, 0.2) is 82.9 Å². The Bertz CT molecular complexity index is 2560. The molecule has 0 unspecified atom stereocenters. The van der Waals surface area contributed by atoms with Gasteiger partial charge in [0.25, 0.3) is 11.8 Å².